The quantitative estimate of drug-likeness (QED) is 0.932. The maximum atomic E-state index is 12.2. The van der Waals surface area contributed by atoms with E-state index in [1.807, 2.05) is 12.1 Å². The molecule has 0 aromatic heterocycles. The molecule has 4 nitrogen and oxygen atoms in total. The van der Waals surface area contributed by atoms with Crippen LogP contribution in [-0.4, -0.2) is 35.0 Å². The fraction of sp³-hybridized carbons (Fsp3) is 0.467. The summed E-state index contributed by atoms with van der Waals surface area (Å²) in [6.07, 6.45) is 1.32. The van der Waals surface area contributed by atoms with Crippen molar-refractivity contribution in [2.45, 2.75) is 26.2 Å². The normalized spacial score (nSPS) is 17.8. The first-order valence-electron chi connectivity index (χ1n) is 6.66. The van der Waals surface area contributed by atoms with Crippen molar-refractivity contribution in [3.8, 4) is 0 Å². The van der Waals surface area contributed by atoms with E-state index in [4.69, 9.17) is 16.7 Å². The first kappa shape index (κ1) is 14.9. The number of nitrogens with zero attached hydrogens (tertiary/aromatic N) is 1. The van der Waals surface area contributed by atoms with Crippen LogP contribution in [0, 0.1) is 5.41 Å². The molecule has 108 valence electrons. The predicted octanol–water partition coefficient (Wildman–Crippen LogP) is 2.60. The van der Waals surface area contributed by atoms with Gasteiger partial charge in [-0.15, -0.1) is 0 Å². The number of halogens is 1. The van der Waals surface area contributed by atoms with E-state index in [1.54, 1.807) is 24.0 Å². The standard InChI is InChI=1S/C15H18ClNO3/c1-15(14(19)20)5-7-17(8-6-15)13(18)10-11-3-2-4-12(16)9-11/h2-4,9H,5-8,10H2,1H3,(H,19,20). The van der Waals surface area contributed by atoms with Crippen LogP contribution < -0.4 is 0 Å². The summed E-state index contributed by atoms with van der Waals surface area (Å²) in [7, 11) is 0. The molecule has 0 bridgehead atoms. The number of piperidine rings is 1. The lowest BCUT2D eigenvalue weighted by atomic mass is 9.80. The van der Waals surface area contributed by atoms with Crippen LogP contribution in [0.3, 0.4) is 0 Å². The summed E-state index contributed by atoms with van der Waals surface area (Å²) in [6.45, 7) is 2.75. The fourth-order valence-corrected chi connectivity index (χ4v) is 2.61. The zero-order chi connectivity index (χ0) is 14.8. The molecule has 1 aromatic rings. The van der Waals surface area contributed by atoms with Gasteiger partial charge in [0.15, 0.2) is 0 Å². The Morgan fingerprint density at radius 3 is 2.55 bits per heavy atom. The fourth-order valence-electron chi connectivity index (χ4n) is 2.40. The van der Waals surface area contributed by atoms with E-state index >= 15 is 0 Å². The highest BCUT2D eigenvalue weighted by molar-refractivity contribution is 6.30. The lowest BCUT2D eigenvalue weighted by Crippen LogP contribution is -2.45. The van der Waals surface area contributed by atoms with E-state index < -0.39 is 11.4 Å². The molecule has 5 heteroatoms. The number of carbonyl (C=O) groups is 2. The molecule has 1 amide bonds. The molecule has 0 unspecified atom stereocenters. The van der Waals surface area contributed by atoms with Crippen molar-refractivity contribution in [2.75, 3.05) is 13.1 Å². The Bertz CT molecular complexity index is 522. The Hall–Kier alpha value is -1.55. The van der Waals surface area contributed by atoms with Gasteiger partial charge in [-0.1, -0.05) is 23.7 Å². The van der Waals surface area contributed by atoms with Crippen LogP contribution in [0.2, 0.25) is 5.02 Å². The van der Waals surface area contributed by atoms with Crippen molar-refractivity contribution in [1.29, 1.82) is 0 Å². The third-order valence-corrected chi connectivity index (χ3v) is 4.22. The number of rotatable bonds is 3. The van der Waals surface area contributed by atoms with Crippen LogP contribution in [-0.2, 0) is 16.0 Å². The summed E-state index contributed by atoms with van der Waals surface area (Å²) in [5.74, 6) is -0.751. The van der Waals surface area contributed by atoms with Crippen LogP contribution >= 0.6 is 11.6 Å². The lowest BCUT2D eigenvalue weighted by Gasteiger charge is -2.36. The maximum absolute atomic E-state index is 12.2. The second-order valence-electron chi connectivity index (χ2n) is 5.55. The van der Waals surface area contributed by atoms with E-state index in [2.05, 4.69) is 0 Å². The van der Waals surface area contributed by atoms with Crippen molar-refractivity contribution in [2.24, 2.45) is 5.41 Å². The molecule has 0 spiro atoms. The summed E-state index contributed by atoms with van der Waals surface area (Å²) in [6, 6.07) is 7.25. The van der Waals surface area contributed by atoms with Gasteiger partial charge in [-0.25, -0.2) is 0 Å². The zero-order valence-electron chi connectivity index (χ0n) is 11.4. The number of amides is 1. The van der Waals surface area contributed by atoms with Crippen molar-refractivity contribution in [1.82, 2.24) is 4.90 Å². The van der Waals surface area contributed by atoms with E-state index in [0.717, 1.165) is 5.56 Å². The Balaban J connectivity index is 1.94. The third-order valence-electron chi connectivity index (χ3n) is 3.98. The number of aliphatic carboxylic acids is 1. The van der Waals surface area contributed by atoms with Gasteiger partial charge >= 0.3 is 5.97 Å². The van der Waals surface area contributed by atoms with E-state index in [-0.39, 0.29) is 5.91 Å². The average Bonchev–Trinajstić information content (AvgIpc) is 2.39. The predicted molar refractivity (Wildman–Crippen MR) is 76.7 cm³/mol. The Morgan fingerprint density at radius 2 is 2.00 bits per heavy atom. The molecule has 1 aliphatic rings. The summed E-state index contributed by atoms with van der Waals surface area (Å²) in [4.78, 5) is 25.1. The largest absolute Gasteiger partial charge is 0.481 e. The number of hydrogen-bond donors (Lipinski definition) is 1. The molecule has 1 saturated heterocycles. The van der Waals surface area contributed by atoms with Gasteiger partial charge in [0.25, 0.3) is 0 Å². The highest BCUT2D eigenvalue weighted by Crippen LogP contribution is 2.31. The number of benzene rings is 1. The smallest absolute Gasteiger partial charge is 0.309 e. The molecule has 0 radical (unpaired) electrons. The molecule has 0 saturated carbocycles. The van der Waals surface area contributed by atoms with Crippen LogP contribution in [0.4, 0.5) is 0 Å². The molecule has 0 atom stereocenters. The Labute approximate surface area is 123 Å². The zero-order valence-corrected chi connectivity index (χ0v) is 12.2. The van der Waals surface area contributed by atoms with Crippen molar-refractivity contribution < 1.29 is 14.7 Å². The molecular weight excluding hydrogens is 278 g/mol. The van der Waals surface area contributed by atoms with Crippen LogP contribution in [0.15, 0.2) is 24.3 Å². The lowest BCUT2D eigenvalue weighted by molar-refractivity contribution is -0.152. The minimum atomic E-state index is -0.778. The van der Waals surface area contributed by atoms with E-state index in [9.17, 15) is 9.59 Å². The van der Waals surface area contributed by atoms with Gasteiger partial charge in [0.05, 0.1) is 11.8 Å². The molecule has 1 fully saturated rings. The molecule has 1 aromatic carbocycles. The van der Waals surface area contributed by atoms with Gasteiger partial charge < -0.3 is 10.0 Å². The van der Waals surface area contributed by atoms with Crippen LogP contribution in [0.25, 0.3) is 0 Å². The molecule has 0 aliphatic carbocycles. The minimum absolute atomic E-state index is 0.0275. The average molecular weight is 296 g/mol. The minimum Gasteiger partial charge on any atom is -0.481 e. The van der Waals surface area contributed by atoms with Crippen LogP contribution in [0.5, 0.6) is 0 Å². The molecule has 1 aliphatic heterocycles. The first-order valence-corrected chi connectivity index (χ1v) is 7.04. The van der Waals surface area contributed by atoms with Gasteiger partial charge in [0.1, 0.15) is 0 Å². The molecule has 1 N–H and O–H groups in total. The van der Waals surface area contributed by atoms with E-state index in [0.29, 0.717) is 37.4 Å². The monoisotopic (exact) mass is 295 g/mol. The molecular formula is C15H18ClNO3. The number of carboxylic acids is 1. The molecule has 1 heterocycles. The third kappa shape index (κ3) is 3.31. The Morgan fingerprint density at radius 1 is 1.35 bits per heavy atom. The number of hydrogen-bond acceptors (Lipinski definition) is 2. The summed E-state index contributed by atoms with van der Waals surface area (Å²) in [5.41, 5.74) is 0.182. The van der Waals surface area contributed by atoms with Gasteiger partial charge in [-0.2, -0.15) is 0 Å². The second-order valence-corrected chi connectivity index (χ2v) is 5.99. The topological polar surface area (TPSA) is 57.6 Å². The summed E-state index contributed by atoms with van der Waals surface area (Å²) in [5, 5.41) is 9.79. The SMILES string of the molecule is CC1(C(=O)O)CCN(C(=O)Cc2cccc(Cl)c2)CC1. The number of likely N-dealkylation sites (tertiary alicyclic amines) is 1. The van der Waals surface area contributed by atoms with Gasteiger partial charge in [0, 0.05) is 18.1 Å². The number of carbonyl (C=O) groups excluding carboxylic acids is 1. The molecule has 20 heavy (non-hydrogen) atoms. The summed E-state index contributed by atoms with van der Waals surface area (Å²) >= 11 is 5.90. The van der Waals surface area contributed by atoms with Gasteiger partial charge in [0.2, 0.25) is 5.91 Å². The van der Waals surface area contributed by atoms with E-state index in [1.165, 1.54) is 0 Å². The first-order chi connectivity index (χ1) is 9.40. The van der Waals surface area contributed by atoms with Crippen molar-refractivity contribution in [3.05, 3.63) is 34.9 Å². The number of carboxylic acid groups (broad SMARTS) is 1. The van der Waals surface area contributed by atoms with Gasteiger partial charge in [-0.05, 0) is 37.5 Å². The highest BCUT2D eigenvalue weighted by atomic mass is 35.5. The second kappa shape index (κ2) is 5.83. The Kier molecular flexibility index (Phi) is 4.33. The van der Waals surface area contributed by atoms with Crippen LogP contribution in [0.1, 0.15) is 25.3 Å². The summed E-state index contributed by atoms with van der Waals surface area (Å²) < 4.78 is 0. The van der Waals surface area contributed by atoms with Crippen molar-refractivity contribution >= 4 is 23.5 Å². The van der Waals surface area contributed by atoms with Crippen molar-refractivity contribution in [3.63, 3.8) is 0 Å². The highest BCUT2D eigenvalue weighted by Gasteiger charge is 2.37. The van der Waals surface area contributed by atoms with Gasteiger partial charge in [-0.3, -0.25) is 9.59 Å². The maximum Gasteiger partial charge on any atom is 0.309 e. The molecule has 2 rings (SSSR count).